The summed E-state index contributed by atoms with van der Waals surface area (Å²) in [5.74, 6) is 1.04. The number of amides is 1. The fraction of sp³-hybridized carbons (Fsp3) is 0.588. The van der Waals surface area contributed by atoms with Crippen LogP contribution in [-0.2, 0) is 15.9 Å². The number of primary amides is 1. The second-order valence-corrected chi connectivity index (χ2v) is 6.91. The van der Waals surface area contributed by atoms with Crippen molar-refractivity contribution in [1.82, 2.24) is 4.90 Å². The Bertz CT molecular complexity index is 830. The quantitative estimate of drug-likeness (QED) is 0.580. The van der Waals surface area contributed by atoms with Crippen molar-refractivity contribution >= 4 is 17.5 Å². The lowest BCUT2D eigenvalue weighted by Crippen LogP contribution is -2.51. The topological polar surface area (TPSA) is 116 Å². The summed E-state index contributed by atoms with van der Waals surface area (Å²) in [4.78, 5) is 26.6. The van der Waals surface area contributed by atoms with Crippen molar-refractivity contribution < 1.29 is 23.7 Å². The second-order valence-electron chi connectivity index (χ2n) is 6.91. The van der Waals surface area contributed by atoms with Gasteiger partial charge in [-0.2, -0.15) is 0 Å². The van der Waals surface area contributed by atoms with Gasteiger partial charge in [0.15, 0.2) is 17.2 Å². The molecule has 0 saturated carbocycles. The van der Waals surface area contributed by atoms with Crippen LogP contribution in [0.2, 0.25) is 0 Å². The van der Waals surface area contributed by atoms with Gasteiger partial charge in [0.05, 0.1) is 32.0 Å². The summed E-state index contributed by atoms with van der Waals surface area (Å²) in [7, 11) is 4.74. The SMILES string of the molecule is COc1c2c(c(OC)c(C)c1N=O)N1CC3C(N3COC(N)=O)C1(OC)C2. The van der Waals surface area contributed by atoms with Crippen LogP contribution in [-0.4, -0.2) is 63.4 Å². The molecule has 0 radical (unpaired) electrons. The Balaban J connectivity index is 1.78. The van der Waals surface area contributed by atoms with Crippen LogP contribution in [0.4, 0.5) is 16.2 Å². The first-order chi connectivity index (χ1) is 12.9. The molecule has 146 valence electrons. The molecule has 10 heteroatoms. The molecule has 4 unspecified atom stereocenters. The fourth-order valence-electron chi connectivity index (χ4n) is 4.82. The average molecular weight is 378 g/mol. The van der Waals surface area contributed by atoms with Crippen molar-refractivity contribution in [3.8, 4) is 11.5 Å². The largest absolute Gasteiger partial charge is 0.494 e. The molecule has 2 saturated heterocycles. The van der Waals surface area contributed by atoms with E-state index in [0.717, 1.165) is 11.3 Å². The highest BCUT2D eigenvalue weighted by Crippen LogP contribution is 2.61. The van der Waals surface area contributed by atoms with E-state index in [4.69, 9.17) is 24.7 Å². The molecule has 3 aliphatic heterocycles. The number of nitrogens with zero attached hydrogens (tertiary/aromatic N) is 3. The number of benzene rings is 1. The number of carbonyl (C=O) groups excluding carboxylic acids is 1. The van der Waals surface area contributed by atoms with E-state index in [9.17, 15) is 9.70 Å². The van der Waals surface area contributed by atoms with Crippen LogP contribution in [0.5, 0.6) is 11.5 Å². The van der Waals surface area contributed by atoms with Gasteiger partial charge in [-0.3, -0.25) is 4.90 Å². The summed E-state index contributed by atoms with van der Waals surface area (Å²) in [5.41, 5.74) is 6.98. The number of ether oxygens (including phenoxy) is 4. The molecule has 1 aromatic carbocycles. The zero-order chi connectivity index (χ0) is 19.5. The zero-order valence-electron chi connectivity index (χ0n) is 15.6. The van der Waals surface area contributed by atoms with Crippen molar-refractivity contribution in [2.45, 2.75) is 31.2 Å². The van der Waals surface area contributed by atoms with E-state index >= 15 is 0 Å². The Labute approximate surface area is 156 Å². The zero-order valence-corrected chi connectivity index (χ0v) is 15.6. The molecule has 0 aromatic heterocycles. The molecule has 3 heterocycles. The highest BCUT2D eigenvalue weighted by atomic mass is 16.6. The number of hydrogen-bond acceptors (Lipinski definition) is 9. The van der Waals surface area contributed by atoms with Gasteiger partial charge in [0.1, 0.15) is 12.5 Å². The maximum absolute atomic E-state index is 11.4. The third-order valence-electron chi connectivity index (χ3n) is 5.94. The van der Waals surface area contributed by atoms with E-state index < -0.39 is 11.8 Å². The van der Waals surface area contributed by atoms with Gasteiger partial charge in [-0.05, 0) is 12.1 Å². The number of carbonyl (C=O) groups is 1. The molecule has 0 bridgehead atoms. The molecule has 1 aromatic rings. The smallest absolute Gasteiger partial charge is 0.405 e. The molecule has 1 amide bonds. The Hall–Kier alpha value is -2.59. The Kier molecular flexibility index (Phi) is 3.93. The van der Waals surface area contributed by atoms with E-state index in [1.165, 1.54) is 7.11 Å². The molecule has 4 atom stereocenters. The standard InChI is InChI=1S/C17H22N4O6/c1-8-11(19-23)14(25-3)9-5-17(26-4)15-10(20(15)7-27-16(18)22)6-21(17)12(9)13(8)24-2/h10,15H,5-7H2,1-4H3,(H2,18,22). The van der Waals surface area contributed by atoms with E-state index in [1.54, 1.807) is 21.1 Å². The van der Waals surface area contributed by atoms with Crippen molar-refractivity contribution in [3.05, 3.63) is 16.0 Å². The lowest BCUT2D eigenvalue weighted by Gasteiger charge is -2.36. The van der Waals surface area contributed by atoms with Crippen LogP contribution in [0.1, 0.15) is 11.1 Å². The van der Waals surface area contributed by atoms with Crippen molar-refractivity contribution in [2.24, 2.45) is 10.9 Å². The predicted octanol–water partition coefficient (Wildman–Crippen LogP) is 1.23. The minimum Gasteiger partial charge on any atom is -0.494 e. The number of piperazine rings is 1. The highest BCUT2D eigenvalue weighted by Gasteiger charge is 2.72. The maximum Gasteiger partial charge on any atom is 0.405 e. The van der Waals surface area contributed by atoms with Crippen LogP contribution in [0.3, 0.4) is 0 Å². The number of rotatable bonds is 6. The van der Waals surface area contributed by atoms with Gasteiger partial charge in [-0.25, -0.2) is 4.79 Å². The maximum atomic E-state index is 11.4. The summed E-state index contributed by atoms with van der Waals surface area (Å²) >= 11 is 0. The summed E-state index contributed by atoms with van der Waals surface area (Å²) in [5, 5.41) is 3.17. The Morgan fingerprint density at radius 3 is 2.56 bits per heavy atom. The molecule has 10 nitrogen and oxygen atoms in total. The minimum absolute atomic E-state index is 0.0246. The van der Waals surface area contributed by atoms with Crippen LogP contribution >= 0.6 is 0 Å². The van der Waals surface area contributed by atoms with Crippen molar-refractivity contribution in [3.63, 3.8) is 0 Å². The first kappa shape index (κ1) is 17.8. The number of methoxy groups -OCH3 is 3. The lowest BCUT2D eigenvalue weighted by atomic mass is 9.99. The van der Waals surface area contributed by atoms with E-state index in [1.807, 2.05) is 4.90 Å². The summed E-state index contributed by atoms with van der Waals surface area (Å²) in [6.45, 7) is 2.57. The monoisotopic (exact) mass is 378 g/mol. The summed E-state index contributed by atoms with van der Waals surface area (Å²) in [6, 6.07) is 0.203. The number of nitroso groups, excluding NO2 is 1. The lowest BCUT2D eigenvalue weighted by molar-refractivity contribution is -0.0190. The van der Waals surface area contributed by atoms with Crippen LogP contribution < -0.4 is 20.1 Å². The van der Waals surface area contributed by atoms with Crippen molar-refractivity contribution in [1.29, 1.82) is 0 Å². The first-order valence-corrected chi connectivity index (χ1v) is 8.56. The van der Waals surface area contributed by atoms with Crippen molar-refractivity contribution in [2.75, 3.05) is 39.5 Å². The summed E-state index contributed by atoms with van der Waals surface area (Å²) in [6.07, 6.45) is -0.311. The Morgan fingerprint density at radius 2 is 2.00 bits per heavy atom. The molecular formula is C17H22N4O6. The van der Waals surface area contributed by atoms with Crippen LogP contribution in [0.15, 0.2) is 5.18 Å². The normalized spacial score (nSPS) is 29.6. The van der Waals surface area contributed by atoms with Gasteiger partial charge in [-0.1, -0.05) is 0 Å². The van der Waals surface area contributed by atoms with Gasteiger partial charge in [-0.15, -0.1) is 4.91 Å². The van der Waals surface area contributed by atoms with E-state index in [2.05, 4.69) is 10.1 Å². The van der Waals surface area contributed by atoms with E-state index in [0.29, 0.717) is 30.0 Å². The van der Waals surface area contributed by atoms with Gasteiger partial charge in [0.2, 0.25) is 0 Å². The van der Waals surface area contributed by atoms with Gasteiger partial charge in [0.25, 0.3) is 0 Å². The third-order valence-corrected chi connectivity index (χ3v) is 5.94. The molecule has 27 heavy (non-hydrogen) atoms. The van der Waals surface area contributed by atoms with Gasteiger partial charge >= 0.3 is 6.09 Å². The Morgan fingerprint density at radius 1 is 1.30 bits per heavy atom. The molecule has 3 aliphatic rings. The molecule has 4 rings (SSSR count). The highest BCUT2D eigenvalue weighted by molar-refractivity contribution is 5.83. The second kappa shape index (κ2) is 5.96. The van der Waals surface area contributed by atoms with Gasteiger partial charge in [0, 0.05) is 31.2 Å². The van der Waals surface area contributed by atoms with Crippen LogP contribution in [0.25, 0.3) is 0 Å². The summed E-state index contributed by atoms with van der Waals surface area (Å²) < 4.78 is 22.1. The minimum atomic E-state index is -0.807. The predicted molar refractivity (Wildman–Crippen MR) is 95.5 cm³/mol. The van der Waals surface area contributed by atoms with Gasteiger partial charge < -0.3 is 29.6 Å². The van der Waals surface area contributed by atoms with Crippen LogP contribution in [0, 0.1) is 11.8 Å². The third kappa shape index (κ3) is 2.16. The molecular weight excluding hydrogens is 356 g/mol. The molecule has 2 N–H and O–H groups in total. The average Bonchev–Trinajstić information content (AvgIpc) is 3.09. The number of nitrogens with two attached hydrogens (primary N) is 1. The number of hydrogen-bond donors (Lipinski definition) is 1. The van der Waals surface area contributed by atoms with E-state index in [-0.39, 0.29) is 24.5 Å². The first-order valence-electron chi connectivity index (χ1n) is 8.56. The fourth-order valence-corrected chi connectivity index (χ4v) is 4.82. The number of fused-ring (bicyclic) bond motifs is 5. The molecule has 0 spiro atoms. The molecule has 2 fully saturated rings. The number of anilines is 1. The molecule has 0 aliphatic carbocycles.